The number of hydrogen-bond acceptors (Lipinski definition) is 3. The van der Waals surface area contributed by atoms with Gasteiger partial charge in [0.1, 0.15) is 4.90 Å². The summed E-state index contributed by atoms with van der Waals surface area (Å²) >= 11 is 5.96. The summed E-state index contributed by atoms with van der Waals surface area (Å²) in [5.74, 6) is 0. The minimum absolute atomic E-state index is 0.130. The number of aryl methyl sites for hydroxylation is 1. The molecule has 1 rings (SSSR count). The summed E-state index contributed by atoms with van der Waals surface area (Å²) in [6.45, 7) is 2.68. The molecule has 0 saturated carbocycles. The Balaban J connectivity index is 2.94. The summed E-state index contributed by atoms with van der Waals surface area (Å²) in [5.41, 5.74) is 0.748. The van der Waals surface area contributed by atoms with Crippen molar-refractivity contribution in [2.75, 3.05) is 20.1 Å². The molecule has 2 N–H and O–H groups in total. The van der Waals surface area contributed by atoms with Crippen LogP contribution in [0.5, 0.6) is 0 Å². The number of sulfonamides is 1. The molecule has 0 saturated heterocycles. The fourth-order valence-corrected chi connectivity index (χ4v) is 2.83. The standard InChI is InChI=1S/C10H15ClN2O2S/c1-8-4-3-5-9(10(8)11)16(14,15)13-7-6-12-2/h3-5,12-13H,6-7H2,1-2H3. The van der Waals surface area contributed by atoms with E-state index in [0.717, 1.165) is 5.56 Å². The highest BCUT2D eigenvalue weighted by atomic mass is 35.5. The Labute approximate surface area is 101 Å². The van der Waals surface area contributed by atoms with Gasteiger partial charge in [-0.05, 0) is 25.6 Å². The lowest BCUT2D eigenvalue weighted by molar-refractivity contribution is 0.579. The van der Waals surface area contributed by atoms with Crippen molar-refractivity contribution in [3.8, 4) is 0 Å². The van der Waals surface area contributed by atoms with Crippen LogP contribution >= 0.6 is 11.6 Å². The number of nitrogens with one attached hydrogen (secondary N) is 2. The van der Waals surface area contributed by atoms with E-state index >= 15 is 0 Å². The van der Waals surface area contributed by atoms with Gasteiger partial charge in [0, 0.05) is 13.1 Å². The third-order valence-electron chi connectivity index (χ3n) is 2.11. The van der Waals surface area contributed by atoms with E-state index in [1.54, 1.807) is 26.1 Å². The first-order chi connectivity index (χ1) is 7.49. The van der Waals surface area contributed by atoms with Crippen molar-refractivity contribution in [1.82, 2.24) is 10.0 Å². The average molecular weight is 263 g/mol. The van der Waals surface area contributed by atoms with Gasteiger partial charge < -0.3 is 5.32 Å². The molecule has 6 heteroatoms. The second-order valence-corrected chi connectivity index (χ2v) is 5.50. The lowest BCUT2D eigenvalue weighted by atomic mass is 10.2. The number of hydrogen-bond donors (Lipinski definition) is 2. The maximum absolute atomic E-state index is 11.9. The third kappa shape index (κ3) is 3.18. The molecule has 16 heavy (non-hydrogen) atoms. The van der Waals surface area contributed by atoms with E-state index in [0.29, 0.717) is 13.1 Å². The molecular formula is C10H15ClN2O2S. The third-order valence-corrected chi connectivity index (χ3v) is 4.23. The van der Waals surface area contributed by atoms with Crippen LogP contribution in [0.25, 0.3) is 0 Å². The summed E-state index contributed by atoms with van der Waals surface area (Å²) in [6.07, 6.45) is 0. The van der Waals surface area contributed by atoms with Gasteiger partial charge in [-0.15, -0.1) is 0 Å². The molecule has 0 aliphatic rings. The Hall–Kier alpha value is -0.620. The van der Waals surface area contributed by atoms with Gasteiger partial charge in [0.15, 0.2) is 0 Å². The molecule has 0 amide bonds. The monoisotopic (exact) mass is 262 g/mol. The minimum atomic E-state index is -3.51. The lowest BCUT2D eigenvalue weighted by Gasteiger charge is -2.09. The van der Waals surface area contributed by atoms with E-state index < -0.39 is 10.0 Å². The topological polar surface area (TPSA) is 58.2 Å². The van der Waals surface area contributed by atoms with Gasteiger partial charge in [0.2, 0.25) is 10.0 Å². The second kappa shape index (κ2) is 5.63. The molecule has 0 atom stereocenters. The summed E-state index contributed by atoms with van der Waals surface area (Å²) in [5, 5.41) is 3.14. The number of rotatable bonds is 5. The number of likely N-dealkylation sites (N-methyl/N-ethyl adjacent to an activating group) is 1. The van der Waals surface area contributed by atoms with Crippen LogP contribution < -0.4 is 10.0 Å². The van der Waals surface area contributed by atoms with Gasteiger partial charge >= 0.3 is 0 Å². The zero-order valence-electron chi connectivity index (χ0n) is 9.25. The summed E-state index contributed by atoms with van der Waals surface area (Å²) < 4.78 is 26.2. The van der Waals surface area contributed by atoms with Crippen molar-refractivity contribution in [2.45, 2.75) is 11.8 Å². The largest absolute Gasteiger partial charge is 0.318 e. The smallest absolute Gasteiger partial charge is 0.242 e. The quantitative estimate of drug-likeness (QED) is 0.783. The van der Waals surface area contributed by atoms with Crippen molar-refractivity contribution in [2.24, 2.45) is 0 Å². The van der Waals surface area contributed by atoms with Gasteiger partial charge in [-0.3, -0.25) is 0 Å². The van der Waals surface area contributed by atoms with Gasteiger partial charge in [0.05, 0.1) is 5.02 Å². The molecule has 0 aromatic heterocycles. The molecule has 0 heterocycles. The lowest BCUT2D eigenvalue weighted by Crippen LogP contribution is -2.30. The van der Waals surface area contributed by atoms with E-state index in [9.17, 15) is 8.42 Å². The molecule has 0 aliphatic heterocycles. The fourth-order valence-electron chi connectivity index (χ4n) is 1.22. The second-order valence-electron chi connectivity index (χ2n) is 3.39. The minimum Gasteiger partial charge on any atom is -0.318 e. The zero-order valence-corrected chi connectivity index (χ0v) is 10.8. The Morgan fingerprint density at radius 2 is 2.00 bits per heavy atom. The normalized spacial score (nSPS) is 11.7. The average Bonchev–Trinajstić information content (AvgIpc) is 2.22. The van der Waals surface area contributed by atoms with E-state index in [4.69, 9.17) is 11.6 Å². The van der Waals surface area contributed by atoms with Crippen molar-refractivity contribution in [3.05, 3.63) is 28.8 Å². The summed E-state index contributed by atoms with van der Waals surface area (Å²) in [7, 11) is -1.75. The summed E-state index contributed by atoms with van der Waals surface area (Å²) in [6, 6.07) is 4.94. The SMILES string of the molecule is CNCCNS(=O)(=O)c1cccc(C)c1Cl. The molecule has 1 aromatic rings. The van der Waals surface area contributed by atoms with Gasteiger partial charge in [-0.2, -0.15) is 0 Å². The highest BCUT2D eigenvalue weighted by Crippen LogP contribution is 2.24. The molecule has 90 valence electrons. The first-order valence-electron chi connectivity index (χ1n) is 4.88. The zero-order chi connectivity index (χ0) is 12.2. The Morgan fingerprint density at radius 3 is 2.62 bits per heavy atom. The number of benzene rings is 1. The highest BCUT2D eigenvalue weighted by Gasteiger charge is 2.17. The van der Waals surface area contributed by atoms with Crippen LogP contribution in [-0.2, 0) is 10.0 Å². The molecule has 1 aromatic carbocycles. The molecule has 0 spiro atoms. The van der Waals surface area contributed by atoms with Crippen LogP contribution in [0, 0.1) is 6.92 Å². The molecule has 0 aliphatic carbocycles. The molecule has 0 radical (unpaired) electrons. The molecule has 0 fully saturated rings. The highest BCUT2D eigenvalue weighted by molar-refractivity contribution is 7.89. The Morgan fingerprint density at radius 1 is 1.31 bits per heavy atom. The van der Waals surface area contributed by atoms with E-state index in [-0.39, 0.29) is 9.92 Å². The van der Waals surface area contributed by atoms with Gasteiger partial charge in [-0.1, -0.05) is 23.7 Å². The van der Waals surface area contributed by atoms with Crippen LogP contribution in [-0.4, -0.2) is 28.6 Å². The molecule has 4 nitrogen and oxygen atoms in total. The van der Waals surface area contributed by atoms with Crippen LogP contribution in [0.4, 0.5) is 0 Å². The van der Waals surface area contributed by atoms with Crippen molar-refractivity contribution in [1.29, 1.82) is 0 Å². The first-order valence-corrected chi connectivity index (χ1v) is 6.74. The fraction of sp³-hybridized carbons (Fsp3) is 0.400. The first kappa shape index (κ1) is 13.4. The maximum atomic E-state index is 11.9. The predicted molar refractivity (Wildman–Crippen MR) is 65.3 cm³/mol. The van der Waals surface area contributed by atoms with E-state index in [1.807, 2.05) is 0 Å². The van der Waals surface area contributed by atoms with Crippen LogP contribution in [0.2, 0.25) is 5.02 Å². The van der Waals surface area contributed by atoms with Crippen LogP contribution in [0.15, 0.2) is 23.1 Å². The number of halogens is 1. The maximum Gasteiger partial charge on any atom is 0.242 e. The van der Waals surface area contributed by atoms with Crippen molar-refractivity contribution >= 4 is 21.6 Å². The summed E-state index contributed by atoms with van der Waals surface area (Å²) in [4.78, 5) is 0.130. The van der Waals surface area contributed by atoms with Crippen molar-refractivity contribution < 1.29 is 8.42 Å². The van der Waals surface area contributed by atoms with E-state index in [1.165, 1.54) is 6.07 Å². The predicted octanol–water partition coefficient (Wildman–Crippen LogP) is 1.15. The van der Waals surface area contributed by atoms with Crippen LogP contribution in [0.3, 0.4) is 0 Å². The van der Waals surface area contributed by atoms with Gasteiger partial charge in [-0.25, -0.2) is 13.1 Å². The molecule has 0 bridgehead atoms. The molecule has 0 unspecified atom stereocenters. The van der Waals surface area contributed by atoms with E-state index in [2.05, 4.69) is 10.0 Å². The Kier molecular flexibility index (Phi) is 4.73. The van der Waals surface area contributed by atoms with Crippen molar-refractivity contribution in [3.63, 3.8) is 0 Å². The Bertz CT molecular complexity index is 460. The van der Waals surface area contributed by atoms with Gasteiger partial charge in [0.25, 0.3) is 0 Å². The van der Waals surface area contributed by atoms with Crippen LogP contribution in [0.1, 0.15) is 5.56 Å². The molecular weight excluding hydrogens is 248 g/mol.